The number of aliphatic hydroxyl groups excluding tert-OH is 1. The Morgan fingerprint density at radius 3 is 2.83 bits per heavy atom. The molecule has 0 heterocycles. The molecule has 0 bridgehead atoms. The predicted octanol–water partition coefficient (Wildman–Crippen LogP) is 2.58. The molecule has 0 saturated heterocycles. The minimum Gasteiger partial charge on any atom is -0.457 e. The highest BCUT2D eigenvalue weighted by Gasteiger charge is 2.27. The molecule has 2 aromatic carbocycles. The van der Waals surface area contributed by atoms with E-state index in [1.807, 2.05) is 6.07 Å². The first-order valence-electron chi connectivity index (χ1n) is 7.31. The molecule has 1 aliphatic rings. The lowest BCUT2D eigenvalue weighted by atomic mass is 10.0. The van der Waals surface area contributed by atoms with Crippen LogP contribution in [0, 0.1) is 17.1 Å². The van der Waals surface area contributed by atoms with Gasteiger partial charge in [-0.1, -0.05) is 6.07 Å². The second-order valence-corrected chi connectivity index (χ2v) is 6.53. The van der Waals surface area contributed by atoms with E-state index < -0.39 is 22.6 Å². The van der Waals surface area contributed by atoms with Crippen LogP contribution < -0.4 is 4.74 Å². The summed E-state index contributed by atoms with van der Waals surface area (Å²) in [6.45, 7) is 0. The SMILES string of the molecule is N#Cc1cc(F)cc(Oc2ccc(C[SH](=O)=O)c3c2CC[C@H]3O)c1. The van der Waals surface area contributed by atoms with Crippen molar-refractivity contribution in [1.82, 2.24) is 0 Å². The Morgan fingerprint density at radius 2 is 2.12 bits per heavy atom. The van der Waals surface area contributed by atoms with Gasteiger partial charge in [-0.05, 0) is 42.2 Å². The van der Waals surface area contributed by atoms with Gasteiger partial charge in [-0.2, -0.15) is 5.26 Å². The molecule has 5 nitrogen and oxygen atoms in total. The zero-order valence-electron chi connectivity index (χ0n) is 12.5. The zero-order valence-corrected chi connectivity index (χ0v) is 13.4. The summed E-state index contributed by atoms with van der Waals surface area (Å²) >= 11 is 0. The molecule has 0 spiro atoms. The number of nitrogens with zero attached hydrogens (tertiary/aromatic N) is 1. The van der Waals surface area contributed by atoms with E-state index in [-0.39, 0.29) is 17.1 Å². The second kappa shape index (κ2) is 6.59. The highest BCUT2D eigenvalue weighted by atomic mass is 32.2. The lowest BCUT2D eigenvalue weighted by Crippen LogP contribution is -2.01. The van der Waals surface area contributed by atoms with Gasteiger partial charge in [0.2, 0.25) is 0 Å². The van der Waals surface area contributed by atoms with Crippen molar-refractivity contribution >= 4 is 10.7 Å². The monoisotopic (exact) mass is 347 g/mol. The molecule has 0 radical (unpaired) electrons. The number of fused-ring (bicyclic) bond motifs is 1. The minimum atomic E-state index is -2.61. The van der Waals surface area contributed by atoms with Crippen molar-refractivity contribution in [3.63, 3.8) is 0 Å². The van der Waals surface area contributed by atoms with E-state index in [9.17, 15) is 17.9 Å². The van der Waals surface area contributed by atoms with E-state index in [2.05, 4.69) is 0 Å². The molecular weight excluding hydrogens is 333 g/mol. The highest BCUT2D eigenvalue weighted by molar-refractivity contribution is 7.71. The summed E-state index contributed by atoms with van der Waals surface area (Å²) in [5, 5.41) is 19.0. The van der Waals surface area contributed by atoms with Crippen LogP contribution in [0.5, 0.6) is 11.5 Å². The Bertz CT molecular complexity index is 910. The van der Waals surface area contributed by atoms with Gasteiger partial charge in [0.15, 0.2) is 0 Å². The third kappa shape index (κ3) is 3.25. The average Bonchev–Trinajstić information content (AvgIpc) is 2.91. The van der Waals surface area contributed by atoms with Crippen LogP contribution in [0.2, 0.25) is 0 Å². The predicted molar refractivity (Wildman–Crippen MR) is 84.9 cm³/mol. The Balaban J connectivity index is 2.01. The number of rotatable bonds is 4. The maximum atomic E-state index is 13.5. The molecule has 0 fully saturated rings. The summed E-state index contributed by atoms with van der Waals surface area (Å²) in [6.07, 6.45) is 0.274. The summed E-state index contributed by atoms with van der Waals surface area (Å²) in [5.41, 5.74) is 1.99. The second-order valence-electron chi connectivity index (χ2n) is 5.55. The maximum Gasteiger partial charge on any atom is 0.144 e. The molecule has 7 heteroatoms. The fourth-order valence-electron chi connectivity index (χ4n) is 2.98. The first-order chi connectivity index (χ1) is 11.5. The average molecular weight is 347 g/mol. The Hall–Kier alpha value is -2.43. The summed E-state index contributed by atoms with van der Waals surface area (Å²) in [5.74, 6) is -0.118. The topological polar surface area (TPSA) is 87.4 Å². The van der Waals surface area contributed by atoms with E-state index in [1.54, 1.807) is 12.1 Å². The van der Waals surface area contributed by atoms with Crippen molar-refractivity contribution in [3.8, 4) is 17.6 Å². The fourth-order valence-corrected chi connectivity index (χ4v) is 3.53. The Labute approximate surface area is 139 Å². The van der Waals surface area contributed by atoms with Crippen molar-refractivity contribution < 1.29 is 22.7 Å². The first kappa shape index (κ1) is 16.4. The van der Waals surface area contributed by atoms with E-state index in [1.165, 1.54) is 12.1 Å². The number of hydrogen-bond acceptors (Lipinski definition) is 5. The van der Waals surface area contributed by atoms with Crippen LogP contribution in [-0.4, -0.2) is 13.5 Å². The lowest BCUT2D eigenvalue weighted by Gasteiger charge is -2.14. The molecule has 2 aromatic rings. The molecule has 0 saturated carbocycles. The number of halogens is 1. The Morgan fingerprint density at radius 1 is 1.33 bits per heavy atom. The molecule has 0 unspecified atom stereocenters. The molecule has 0 aromatic heterocycles. The third-order valence-electron chi connectivity index (χ3n) is 3.93. The van der Waals surface area contributed by atoms with Gasteiger partial charge < -0.3 is 9.84 Å². The maximum absolute atomic E-state index is 13.5. The van der Waals surface area contributed by atoms with Crippen molar-refractivity contribution in [2.45, 2.75) is 24.7 Å². The van der Waals surface area contributed by atoms with Gasteiger partial charge in [-0.15, -0.1) is 0 Å². The Kier molecular flexibility index (Phi) is 4.51. The van der Waals surface area contributed by atoms with Crippen molar-refractivity contribution in [2.75, 3.05) is 0 Å². The van der Waals surface area contributed by atoms with E-state index >= 15 is 0 Å². The fraction of sp³-hybridized carbons (Fsp3) is 0.235. The van der Waals surface area contributed by atoms with Gasteiger partial charge in [0.05, 0.1) is 23.5 Å². The van der Waals surface area contributed by atoms with Crippen molar-refractivity contribution in [2.24, 2.45) is 0 Å². The van der Waals surface area contributed by atoms with E-state index in [4.69, 9.17) is 10.00 Å². The number of thiol groups is 1. The van der Waals surface area contributed by atoms with Crippen LogP contribution in [-0.2, 0) is 22.9 Å². The molecule has 24 heavy (non-hydrogen) atoms. The molecule has 1 aliphatic carbocycles. The summed E-state index contributed by atoms with van der Waals surface area (Å²) in [4.78, 5) is 0. The molecule has 3 rings (SSSR count). The largest absolute Gasteiger partial charge is 0.457 e. The molecule has 0 amide bonds. The van der Waals surface area contributed by atoms with Crippen LogP contribution >= 0.6 is 0 Å². The van der Waals surface area contributed by atoms with Gasteiger partial charge in [0, 0.05) is 11.6 Å². The summed E-state index contributed by atoms with van der Waals surface area (Å²) < 4.78 is 41.2. The molecule has 1 atom stereocenters. The van der Waals surface area contributed by atoms with Crippen LogP contribution in [0.15, 0.2) is 30.3 Å². The number of hydrogen-bond donors (Lipinski definition) is 2. The smallest absolute Gasteiger partial charge is 0.144 e. The normalized spacial score (nSPS) is 16.0. The van der Waals surface area contributed by atoms with Crippen molar-refractivity contribution in [1.29, 1.82) is 5.26 Å². The molecule has 124 valence electrons. The minimum absolute atomic E-state index is 0.140. The molecular formula is C17H14FNO4S. The lowest BCUT2D eigenvalue weighted by molar-refractivity contribution is 0.179. The quantitative estimate of drug-likeness (QED) is 0.830. The van der Waals surface area contributed by atoms with E-state index in [0.717, 1.165) is 11.6 Å². The number of nitriles is 1. The van der Waals surface area contributed by atoms with Gasteiger partial charge in [0.25, 0.3) is 0 Å². The number of benzene rings is 2. The highest BCUT2D eigenvalue weighted by Crippen LogP contribution is 2.41. The molecule has 0 aliphatic heterocycles. The standard InChI is InChI=1S/C17H14FNO4S/c18-12-5-10(8-19)6-13(7-12)23-16-4-1-11(9-24(21)22)17-14(16)2-3-15(17)20/h1,4-7,15,20,24H,2-3,9H2/t15-/m1/s1. The van der Waals surface area contributed by atoms with Crippen LogP contribution in [0.25, 0.3) is 0 Å². The number of ether oxygens (including phenoxy) is 1. The van der Waals surface area contributed by atoms with Crippen LogP contribution in [0.1, 0.15) is 34.8 Å². The summed E-state index contributed by atoms with van der Waals surface area (Å²) in [6, 6.07) is 8.76. The van der Waals surface area contributed by atoms with Gasteiger partial charge in [0.1, 0.15) is 28.0 Å². The van der Waals surface area contributed by atoms with Gasteiger partial charge in [-0.25, -0.2) is 12.8 Å². The van der Waals surface area contributed by atoms with Crippen LogP contribution in [0.4, 0.5) is 4.39 Å². The first-order valence-corrected chi connectivity index (χ1v) is 8.67. The third-order valence-corrected chi connectivity index (χ3v) is 4.53. The summed E-state index contributed by atoms with van der Waals surface area (Å²) in [7, 11) is -2.61. The zero-order chi connectivity index (χ0) is 17.3. The molecule has 1 N–H and O–H groups in total. The number of aliphatic hydroxyl groups is 1. The van der Waals surface area contributed by atoms with Crippen molar-refractivity contribution in [3.05, 3.63) is 58.4 Å². The van der Waals surface area contributed by atoms with E-state index in [0.29, 0.717) is 29.7 Å². The van der Waals surface area contributed by atoms with Gasteiger partial charge >= 0.3 is 0 Å². The van der Waals surface area contributed by atoms with Crippen LogP contribution in [0.3, 0.4) is 0 Å². The van der Waals surface area contributed by atoms with Gasteiger partial charge in [-0.3, -0.25) is 0 Å².